The SMILES string of the molecule is CCn1ccnc1CN1CCCN(C(=O)c2c(C)oc(C)c2C)CC1. The molecule has 1 amide bonds. The number of hydrogen-bond acceptors (Lipinski definition) is 4. The van der Waals surface area contributed by atoms with E-state index in [1.54, 1.807) is 0 Å². The summed E-state index contributed by atoms with van der Waals surface area (Å²) < 4.78 is 7.81. The van der Waals surface area contributed by atoms with Crippen molar-refractivity contribution in [1.82, 2.24) is 19.4 Å². The molecule has 136 valence electrons. The molecule has 25 heavy (non-hydrogen) atoms. The molecule has 0 unspecified atom stereocenters. The number of nitrogens with zero attached hydrogens (tertiary/aromatic N) is 4. The van der Waals surface area contributed by atoms with Gasteiger partial charge in [0.1, 0.15) is 17.3 Å². The molecule has 1 fully saturated rings. The van der Waals surface area contributed by atoms with Crippen LogP contribution in [0.2, 0.25) is 0 Å². The van der Waals surface area contributed by atoms with Crippen molar-refractivity contribution in [2.75, 3.05) is 26.2 Å². The summed E-state index contributed by atoms with van der Waals surface area (Å²) in [5, 5.41) is 0. The van der Waals surface area contributed by atoms with Crippen molar-refractivity contribution in [1.29, 1.82) is 0 Å². The summed E-state index contributed by atoms with van der Waals surface area (Å²) >= 11 is 0. The third-order valence-electron chi connectivity index (χ3n) is 5.16. The van der Waals surface area contributed by atoms with E-state index in [1.807, 2.05) is 38.1 Å². The van der Waals surface area contributed by atoms with Crippen LogP contribution in [0.25, 0.3) is 0 Å². The molecular weight excluding hydrogens is 316 g/mol. The molecule has 0 aliphatic carbocycles. The lowest BCUT2D eigenvalue weighted by atomic mass is 10.1. The number of hydrogen-bond donors (Lipinski definition) is 0. The van der Waals surface area contributed by atoms with Gasteiger partial charge >= 0.3 is 0 Å². The molecule has 0 atom stereocenters. The van der Waals surface area contributed by atoms with Gasteiger partial charge in [-0.15, -0.1) is 0 Å². The van der Waals surface area contributed by atoms with Gasteiger partial charge < -0.3 is 13.9 Å². The summed E-state index contributed by atoms with van der Waals surface area (Å²) in [4.78, 5) is 21.8. The number of imidazole rings is 1. The molecule has 0 radical (unpaired) electrons. The van der Waals surface area contributed by atoms with Gasteiger partial charge in [-0.1, -0.05) is 0 Å². The zero-order chi connectivity index (χ0) is 18.0. The fourth-order valence-corrected chi connectivity index (χ4v) is 3.58. The predicted molar refractivity (Wildman–Crippen MR) is 96.6 cm³/mol. The zero-order valence-electron chi connectivity index (χ0n) is 15.7. The first-order valence-electron chi connectivity index (χ1n) is 9.09. The Morgan fingerprint density at radius 1 is 1.16 bits per heavy atom. The van der Waals surface area contributed by atoms with Crippen LogP contribution in [0.1, 0.15) is 46.6 Å². The van der Waals surface area contributed by atoms with Gasteiger partial charge in [0.2, 0.25) is 0 Å². The Balaban J connectivity index is 1.66. The van der Waals surface area contributed by atoms with E-state index in [9.17, 15) is 4.79 Å². The Kier molecular flexibility index (Phi) is 5.27. The number of amides is 1. The minimum atomic E-state index is 0.101. The van der Waals surface area contributed by atoms with E-state index >= 15 is 0 Å². The van der Waals surface area contributed by atoms with Crippen molar-refractivity contribution in [3.8, 4) is 0 Å². The molecule has 0 spiro atoms. The largest absolute Gasteiger partial charge is 0.466 e. The molecule has 6 nitrogen and oxygen atoms in total. The van der Waals surface area contributed by atoms with Crippen molar-refractivity contribution in [3.05, 3.63) is 40.9 Å². The molecule has 2 aromatic heterocycles. The van der Waals surface area contributed by atoms with E-state index in [0.29, 0.717) is 0 Å². The number of aryl methyl sites for hydroxylation is 3. The van der Waals surface area contributed by atoms with Crippen LogP contribution < -0.4 is 0 Å². The number of aromatic nitrogens is 2. The first-order valence-corrected chi connectivity index (χ1v) is 9.09. The van der Waals surface area contributed by atoms with Crippen LogP contribution in [-0.4, -0.2) is 51.4 Å². The topological polar surface area (TPSA) is 54.5 Å². The number of rotatable bonds is 4. The highest BCUT2D eigenvalue weighted by Gasteiger charge is 2.26. The van der Waals surface area contributed by atoms with Gasteiger partial charge in [-0.3, -0.25) is 9.69 Å². The van der Waals surface area contributed by atoms with Crippen molar-refractivity contribution < 1.29 is 9.21 Å². The minimum Gasteiger partial charge on any atom is -0.466 e. The molecule has 0 N–H and O–H groups in total. The highest BCUT2D eigenvalue weighted by Crippen LogP contribution is 2.23. The van der Waals surface area contributed by atoms with E-state index in [4.69, 9.17) is 4.42 Å². The number of carbonyl (C=O) groups excluding carboxylic acids is 1. The van der Waals surface area contributed by atoms with E-state index in [1.165, 1.54) is 0 Å². The van der Waals surface area contributed by atoms with Crippen LogP contribution in [0.3, 0.4) is 0 Å². The molecule has 3 heterocycles. The van der Waals surface area contributed by atoms with E-state index in [0.717, 1.165) is 74.2 Å². The third kappa shape index (κ3) is 3.63. The predicted octanol–water partition coefficient (Wildman–Crippen LogP) is 2.77. The first kappa shape index (κ1) is 17.7. The fraction of sp³-hybridized carbons (Fsp3) is 0.579. The maximum Gasteiger partial charge on any atom is 0.257 e. The van der Waals surface area contributed by atoms with Crippen LogP contribution in [0, 0.1) is 20.8 Å². The maximum atomic E-state index is 13.0. The lowest BCUT2D eigenvalue weighted by Crippen LogP contribution is -2.35. The van der Waals surface area contributed by atoms with Gasteiger partial charge in [0, 0.05) is 50.7 Å². The second-order valence-corrected chi connectivity index (χ2v) is 6.77. The fourth-order valence-electron chi connectivity index (χ4n) is 3.58. The second kappa shape index (κ2) is 7.44. The van der Waals surface area contributed by atoms with Crippen LogP contribution in [0.5, 0.6) is 0 Å². The molecule has 1 aliphatic rings. The van der Waals surface area contributed by atoms with Crippen molar-refractivity contribution in [2.45, 2.75) is 47.2 Å². The van der Waals surface area contributed by atoms with Crippen molar-refractivity contribution in [3.63, 3.8) is 0 Å². The summed E-state index contributed by atoms with van der Waals surface area (Å²) in [6.07, 6.45) is 4.86. The summed E-state index contributed by atoms with van der Waals surface area (Å²) in [6.45, 7) is 13.1. The van der Waals surface area contributed by atoms with Crippen molar-refractivity contribution in [2.24, 2.45) is 0 Å². The Bertz CT molecular complexity index is 747. The summed E-state index contributed by atoms with van der Waals surface area (Å²) in [6, 6.07) is 0. The number of furan rings is 1. The molecule has 6 heteroatoms. The van der Waals surface area contributed by atoms with Gasteiger partial charge in [-0.05, 0) is 34.1 Å². The lowest BCUT2D eigenvalue weighted by molar-refractivity contribution is 0.0758. The van der Waals surface area contributed by atoms with Crippen LogP contribution in [0.4, 0.5) is 0 Å². The minimum absolute atomic E-state index is 0.101. The molecule has 1 aliphatic heterocycles. The summed E-state index contributed by atoms with van der Waals surface area (Å²) in [5.41, 5.74) is 1.71. The third-order valence-corrected chi connectivity index (χ3v) is 5.16. The van der Waals surface area contributed by atoms with E-state index in [2.05, 4.69) is 21.4 Å². The highest BCUT2D eigenvalue weighted by molar-refractivity contribution is 5.96. The molecule has 0 aromatic carbocycles. The van der Waals surface area contributed by atoms with Gasteiger partial charge in [-0.2, -0.15) is 0 Å². The Hall–Kier alpha value is -2.08. The van der Waals surface area contributed by atoms with Crippen LogP contribution >= 0.6 is 0 Å². The van der Waals surface area contributed by atoms with Crippen LogP contribution in [-0.2, 0) is 13.1 Å². The molecule has 3 rings (SSSR count). The Morgan fingerprint density at radius 3 is 2.64 bits per heavy atom. The summed E-state index contributed by atoms with van der Waals surface area (Å²) in [7, 11) is 0. The Morgan fingerprint density at radius 2 is 1.96 bits per heavy atom. The monoisotopic (exact) mass is 344 g/mol. The zero-order valence-corrected chi connectivity index (χ0v) is 15.7. The first-order chi connectivity index (χ1) is 12.0. The standard InChI is InChI=1S/C19H28N4O2/c1-5-22-10-7-20-17(22)13-21-8-6-9-23(12-11-21)19(24)18-14(2)15(3)25-16(18)4/h7,10H,5-6,8-9,11-13H2,1-4H3. The van der Waals surface area contributed by atoms with Gasteiger partial charge in [0.15, 0.2) is 0 Å². The average Bonchev–Trinajstić information content (AvgIpc) is 3.03. The molecule has 1 saturated heterocycles. The van der Waals surface area contributed by atoms with Crippen LogP contribution in [0.15, 0.2) is 16.8 Å². The van der Waals surface area contributed by atoms with Gasteiger partial charge in [-0.25, -0.2) is 4.98 Å². The average molecular weight is 344 g/mol. The molecule has 2 aromatic rings. The second-order valence-electron chi connectivity index (χ2n) is 6.77. The van der Waals surface area contributed by atoms with Gasteiger partial charge in [0.25, 0.3) is 5.91 Å². The maximum absolute atomic E-state index is 13.0. The normalized spacial score (nSPS) is 16.2. The van der Waals surface area contributed by atoms with E-state index < -0.39 is 0 Å². The van der Waals surface area contributed by atoms with Crippen molar-refractivity contribution >= 4 is 5.91 Å². The quantitative estimate of drug-likeness (QED) is 0.856. The Labute approximate surface area is 149 Å². The number of carbonyl (C=O) groups is 1. The van der Waals surface area contributed by atoms with Gasteiger partial charge in [0.05, 0.1) is 12.1 Å². The molecule has 0 bridgehead atoms. The summed E-state index contributed by atoms with van der Waals surface area (Å²) in [5.74, 6) is 2.76. The molecular formula is C19H28N4O2. The highest BCUT2D eigenvalue weighted by atomic mass is 16.3. The molecule has 0 saturated carbocycles. The smallest absolute Gasteiger partial charge is 0.257 e. The van der Waals surface area contributed by atoms with E-state index in [-0.39, 0.29) is 5.91 Å². The lowest BCUT2D eigenvalue weighted by Gasteiger charge is -2.22.